The van der Waals surface area contributed by atoms with Crippen LogP contribution in [-0.4, -0.2) is 41.9 Å². The summed E-state index contributed by atoms with van der Waals surface area (Å²) >= 11 is 0. The van der Waals surface area contributed by atoms with E-state index in [2.05, 4.69) is 15.5 Å². The summed E-state index contributed by atoms with van der Waals surface area (Å²) in [5.41, 5.74) is 3.46. The number of hydrogen-bond donors (Lipinski definition) is 1. The van der Waals surface area contributed by atoms with Gasteiger partial charge in [-0.15, -0.1) is 10.2 Å². The molecule has 0 saturated heterocycles. The normalized spacial score (nSPS) is 13.4. The van der Waals surface area contributed by atoms with Crippen molar-refractivity contribution >= 4 is 27.3 Å². The van der Waals surface area contributed by atoms with Crippen molar-refractivity contribution in [3.63, 3.8) is 0 Å². The van der Waals surface area contributed by atoms with Gasteiger partial charge in [-0.2, -0.15) is 0 Å². The summed E-state index contributed by atoms with van der Waals surface area (Å²) < 4.78 is 26.9. The first-order valence-corrected chi connectivity index (χ1v) is 10.5. The predicted molar refractivity (Wildman–Crippen MR) is 107 cm³/mol. The third kappa shape index (κ3) is 3.36. The van der Waals surface area contributed by atoms with Crippen LogP contribution in [0.5, 0.6) is 0 Å². The van der Waals surface area contributed by atoms with Crippen LogP contribution in [0.15, 0.2) is 48.8 Å². The van der Waals surface area contributed by atoms with E-state index in [4.69, 9.17) is 0 Å². The van der Waals surface area contributed by atoms with E-state index >= 15 is 0 Å². The second-order valence-electron chi connectivity index (χ2n) is 6.73. The summed E-state index contributed by atoms with van der Waals surface area (Å²) in [5.74, 6) is 0.449. The minimum Gasteiger partial charge on any atom is -0.322 e. The van der Waals surface area contributed by atoms with Crippen LogP contribution in [0.1, 0.15) is 15.9 Å². The Balaban J connectivity index is 1.56. The van der Waals surface area contributed by atoms with Crippen LogP contribution in [0.25, 0.3) is 11.4 Å². The van der Waals surface area contributed by atoms with Crippen LogP contribution in [-0.2, 0) is 23.5 Å². The lowest BCUT2D eigenvalue weighted by molar-refractivity contribution is 0.102. The number of carbonyl (C=O) groups is 1. The molecule has 8 nitrogen and oxygen atoms in total. The number of rotatable bonds is 4. The van der Waals surface area contributed by atoms with Gasteiger partial charge in [-0.1, -0.05) is 12.1 Å². The maximum Gasteiger partial charge on any atom is 0.255 e. The first kappa shape index (κ1) is 18.2. The fourth-order valence-corrected chi connectivity index (χ4v) is 4.30. The molecule has 144 valence electrons. The highest BCUT2D eigenvalue weighted by atomic mass is 32.2. The SMILES string of the molecule is Cn1cnnc1-c1cccc(NC(=O)c2ccc3c(c2)CCN3S(C)(=O)=O)c1. The zero-order valence-electron chi connectivity index (χ0n) is 15.5. The highest BCUT2D eigenvalue weighted by Crippen LogP contribution is 2.31. The Bertz CT molecular complexity index is 1170. The number of aromatic nitrogens is 3. The topological polar surface area (TPSA) is 97.2 Å². The summed E-state index contributed by atoms with van der Waals surface area (Å²) in [4.78, 5) is 12.7. The van der Waals surface area contributed by atoms with Crippen LogP contribution in [0, 0.1) is 0 Å². The molecule has 1 amide bonds. The Hall–Kier alpha value is -3.20. The smallest absolute Gasteiger partial charge is 0.255 e. The van der Waals surface area contributed by atoms with Crippen molar-refractivity contribution in [1.82, 2.24) is 14.8 Å². The van der Waals surface area contributed by atoms with Crippen molar-refractivity contribution in [3.05, 3.63) is 59.9 Å². The van der Waals surface area contributed by atoms with Crippen LogP contribution in [0.2, 0.25) is 0 Å². The van der Waals surface area contributed by atoms with E-state index in [1.54, 1.807) is 35.2 Å². The lowest BCUT2D eigenvalue weighted by atomic mass is 10.1. The molecule has 2 heterocycles. The number of sulfonamides is 1. The Morgan fingerprint density at radius 1 is 1.18 bits per heavy atom. The van der Waals surface area contributed by atoms with Crippen molar-refractivity contribution < 1.29 is 13.2 Å². The number of benzene rings is 2. The van der Waals surface area contributed by atoms with E-state index in [0.29, 0.717) is 35.7 Å². The summed E-state index contributed by atoms with van der Waals surface area (Å²) in [5, 5.41) is 10.8. The summed E-state index contributed by atoms with van der Waals surface area (Å²) in [7, 11) is -1.46. The number of fused-ring (bicyclic) bond motifs is 1. The van der Waals surface area contributed by atoms with Gasteiger partial charge in [0, 0.05) is 30.4 Å². The molecule has 9 heteroatoms. The molecule has 0 bridgehead atoms. The number of hydrogen-bond acceptors (Lipinski definition) is 5. The number of amides is 1. The zero-order chi connectivity index (χ0) is 19.9. The molecule has 1 aliphatic heterocycles. The fraction of sp³-hybridized carbons (Fsp3) is 0.211. The van der Waals surface area contributed by atoms with Crippen LogP contribution in [0.3, 0.4) is 0 Å². The highest BCUT2D eigenvalue weighted by molar-refractivity contribution is 7.92. The van der Waals surface area contributed by atoms with Crippen LogP contribution < -0.4 is 9.62 Å². The van der Waals surface area contributed by atoms with Gasteiger partial charge in [0.05, 0.1) is 11.9 Å². The molecule has 1 N–H and O–H groups in total. The van der Waals surface area contributed by atoms with Crippen molar-refractivity contribution in [3.8, 4) is 11.4 Å². The van der Waals surface area contributed by atoms with Gasteiger partial charge in [-0.3, -0.25) is 9.10 Å². The van der Waals surface area contributed by atoms with E-state index in [9.17, 15) is 13.2 Å². The van der Waals surface area contributed by atoms with Gasteiger partial charge in [0.15, 0.2) is 5.82 Å². The molecule has 0 spiro atoms. The van der Waals surface area contributed by atoms with Crippen LogP contribution in [0.4, 0.5) is 11.4 Å². The maximum atomic E-state index is 12.7. The minimum atomic E-state index is -3.31. The van der Waals surface area contributed by atoms with E-state index in [-0.39, 0.29) is 5.91 Å². The Morgan fingerprint density at radius 3 is 2.71 bits per heavy atom. The first-order valence-electron chi connectivity index (χ1n) is 8.69. The van der Waals surface area contributed by atoms with Gasteiger partial charge >= 0.3 is 0 Å². The maximum absolute atomic E-state index is 12.7. The third-order valence-electron chi connectivity index (χ3n) is 4.68. The summed E-state index contributed by atoms with van der Waals surface area (Å²) in [6.45, 7) is 0.402. The molecular weight excluding hydrogens is 378 g/mol. The molecular formula is C19H19N5O3S. The molecule has 1 aliphatic rings. The molecule has 2 aromatic carbocycles. The van der Waals surface area contributed by atoms with Gasteiger partial charge in [0.2, 0.25) is 10.0 Å². The molecule has 0 atom stereocenters. The molecule has 28 heavy (non-hydrogen) atoms. The molecule has 0 saturated carbocycles. The lowest BCUT2D eigenvalue weighted by Crippen LogP contribution is -2.27. The van der Waals surface area contributed by atoms with E-state index in [1.807, 2.05) is 25.2 Å². The van der Waals surface area contributed by atoms with E-state index in [1.165, 1.54) is 10.6 Å². The summed E-state index contributed by atoms with van der Waals surface area (Å²) in [6.07, 6.45) is 3.39. The zero-order valence-corrected chi connectivity index (χ0v) is 16.3. The molecule has 0 aliphatic carbocycles. The molecule has 0 unspecified atom stereocenters. The van der Waals surface area contributed by atoms with E-state index in [0.717, 1.165) is 11.1 Å². The first-order chi connectivity index (χ1) is 13.3. The minimum absolute atomic E-state index is 0.254. The second-order valence-corrected chi connectivity index (χ2v) is 8.64. The number of carbonyl (C=O) groups excluding carboxylic acids is 1. The summed E-state index contributed by atoms with van der Waals surface area (Å²) in [6, 6.07) is 12.5. The van der Waals surface area contributed by atoms with Gasteiger partial charge in [0.25, 0.3) is 5.91 Å². The molecule has 1 aromatic heterocycles. The number of anilines is 2. The van der Waals surface area contributed by atoms with Gasteiger partial charge in [0.1, 0.15) is 6.33 Å². The van der Waals surface area contributed by atoms with Crippen molar-refractivity contribution in [1.29, 1.82) is 0 Å². The second kappa shape index (κ2) is 6.75. The largest absolute Gasteiger partial charge is 0.322 e. The number of aryl methyl sites for hydroxylation is 1. The van der Waals surface area contributed by atoms with E-state index < -0.39 is 10.0 Å². The average Bonchev–Trinajstić information content (AvgIpc) is 3.27. The molecule has 4 rings (SSSR count). The third-order valence-corrected chi connectivity index (χ3v) is 5.86. The molecule has 0 radical (unpaired) electrons. The van der Waals surface area contributed by atoms with Gasteiger partial charge in [-0.05, 0) is 42.3 Å². The van der Waals surface area contributed by atoms with Gasteiger partial charge in [-0.25, -0.2) is 8.42 Å². The predicted octanol–water partition coefficient (Wildman–Crippen LogP) is 2.06. The van der Waals surface area contributed by atoms with Crippen LogP contribution >= 0.6 is 0 Å². The van der Waals surface area contributed by atoms with Crippen molar-refractivity contribution in [2.75, 3.05) is 22.4 Å². The lowest BCUT2D eigenvalue weighted by Gasteiger charge is -2.16. The molecule has 3 aromatic rings. The standard InChI is InChI=1S/C19H19N5O3S/c1-23-12-20-22-18(23)14-4-3-5-16(11-14)21-19(25)15-6-7-17-13(10-15)8-9-24(17)28(2,26)27/h3-7,10-12H,8-9H2,1-2H3,(H,21,25). The number of nitrogens with one attached hydrogen (secondary N) is 1. The Kier molecular flexibility index (Phi) is 4.38. The van der Waals surface area contributed by atoms with Crippen molar-refractivity contribution in [2.45, 2.75) is 6.42 Å². The highest BCUT2D eigenvalue weighted by Gasteiger charge is 2.26. The van der Waals surface area contributed by atoms with Crippen molar-refractivity contribution in [2.24, 2.45) is 7.05 Å². The number of nitrogens with zero attached hydrogens (tertiary/aromatic N) is 4. The molecule has 0 fully saturated rings. The monoisotopic (exact) mass is 397 g/mol. The fourth-order valence-electron chi connectivity index (χ4n) is 3.34. The average molecular weight is 397 g/mol. The van der Waals surface area contributed by atoms with Gasteiger partial charge < -0.3 is 9.88 Å². The quantitative estimate of drug-likeness (QED) is 0.727. The Labute approximate surface area is 162 Å². The Morgan fingerprint density at radius 2 is 2.00 bits per heavy atom.